The van der Waals surface area contributed by atoms with Crippen LogP contribution in [-0.2, 0) is 14.3 Å². The van der Waals surface area contributed by atoms with E-state index in [1.165, 1.54) is 19.3 Å². The topological polar surface area (TPSA) is 43.4 Å². The van der Waals surface area contributed by atoms with Crippen LogP contribution < -0.4 is 0 Å². The molecular formula is C17H34O3. The van der Waals surface area contributed by atoms with Crippen LogP contribution in [0.25, 0.3) is 0 Å². The van der Waals surface area contributed by atoms with Gasteiger partial charge in [-0.15, -0.1) is 0 Å². The van der Waals surface area contributed by atoms with Crippen molar-refractivity contribution in [1.29, 1.82) is 0 Å². The molecule has 0 spiro atoms. The maximum Gasteiger partial charge on any atom is 0.305 e. The lowest BCUT2D eigenvalue weighted by Gasteiger charge is -2.01. The monoisotopic (exact) mass is 286 g/mol. The van der Waals surface area contributed by atoms with Gasteiger partial charge in [-0.1, -0.05) is 53.4 Å². The van der Waals surface area contributed by atoms with Gasteiger partial charge in [-0.3, -0.25) is 9.59 Å². The maximum atomic E-state index is 10.8. The Labute approximate surface area is 125 Å². The molecule has 0 aromatic heterocycles. The normalized spacial score (nSPS) is 9.60. The molecule has 0 N–H and O–H groups in total. The SMILES string of the molecule is CCCCCC(=O)CC.CCCCCOC(=O)CCC. The zero-order valence-corrected chi connectivity index (χ0v) is 14.0. The standard InChI is InChI=1S/C9H18O2.C8H16O/c1-3-5-6-8-11-9(10)7-4-2;1-3-5-6-7-8(9)4-2/h3-8H2,1-2H3;3-7H2,1-2H3. The first kappa shape index (κ1) is 21.4. The van der Waals surface area contributed by atoms with Crippen molar-refractivity contribution in [2.24, 2.45) is 0 Å². The molecule has 3 nitrogen and oxygen atoms in total. The van der Waals surface area contributed by atoms with Crippen LogP contribution in [0.4, 0.5) is 0 Å². The minimum atomic E-state index is -0.0522. The summed E-state index contributed by atoms with van der Waals surface area (Å²) in [4.78, 5) is 21.5. The highest BCUT2D eigenvalue weighted by Gasteiger charge is 1.98. The van der Waals surface area contributed by atoms with Gasteiger partial charge in [-0.2, -0.15) is 0 Å². The minimum absolute atomic E-state index is 0.0522. The number of unbranched alkanes of at least 4 members (excludes halogenated alkanes) is 4. The molecule has 0 aliphatic heterocycles. The largest absolute Gasteiger partial charge is 0.466 e. The number of Topliss-reactive ketones (excluding diaryl/α,β-unsaturated/α-hetero) is 1. The zero-order chi connectivity index (χ0) is 15.6. The van der Waals surface area contributed by atoms with E-state index in [1.807, 2.05) is 13.8 Å². The zero-order valence-electron chi connectivity index (χ0n) is 14.0. The second kappa shape index (κ2) is 18.1. The van der Waals surface area contributed by atoms with E-state index in [1.54, 1.807) is 0 Å². The van der Waals surface area contributed by atoms with E-state index in [2.05, 4.69) is 13.8 Å². The van der Waals surface area contributed by atoms with E-state index in [9.17, 15) is 9.59 Å². The van der Waals surface area contributed by atoms with Gasteiger partial charge in [0.15, 0.2) is 0 Å². The first-order valence-electron chi connectivity index (χ1n) is 8.29. The average molecular weight is 286 g/mol. The molecule has 0 unspecified atom stereocenters. The minimum Gasteiger partial charge on any atom is -0.466 e. The van der Waals surface area contributed by atoms with Crippen molar-refractivity contribution in [2.75, 3.05) is 6.61 Å². The Balaban J connectivity index is 0. The summed E-state index contributed by atoms with van der Waals surface area (Å²) < 4.78 is 4.95. The third kappa shape index (κ3) is 19.5. The maximum absolute atomic E-state index is 10.8. The van der Waals surface area contributed by atoms with Crippen LogP contribution in [0.2, 0.25) is 0 Å². The first-order valence-corrected chi connectivity index (χ1v) is 8.29. The molecule has 0 radical (unpaired) electrons. The van der Waals surface area contributed by atoms with Gasteiger partial charge in [0, 0.05) is 19.3 Å². The number of rotatable bonds is 11. The van der Waals surface area contributed by atoms with Crippen molar-refractivity contribution in [2.45, 2.75) is 91.9 Å². The van der Waals surface area contributed by atoms with Gasteiger partial charge in [0.05, 0.1) is 6.61 Å². The third-order valence-electron chi connectivity index (χ3n) is 2.92. The number of esters is 1. The van der Waals surface area contributed by atoms with Crippen molar-refractivity contribution in [3.63, 3.8) is 0 Å². The summed E-state index contributed by atoms with van der Waals surface area (Å²) in [5, 5.41) is 0. The summed E-state index contributed by atoms with van der Waals surface area (Å²) in [6.45, 7) is 8.79. The van der Waals surface area contributed by atoms with Crippen LogP contribution in [-0.4, -0.2) is 18.4 Å². The molecular weight excluding hydrogens is 252 g/mol. The highest BCUT2D eigenvalue weighted by atomic mass is 16.5. The number of carbonyl (C=O) groups excluding carboxylic acids is 2. The Morgan fingerprint density at radius 1 is 0.750 bits per heavy atom. The van der Waals surface area contributed by atoms with Crippen molar-refractivity contribution < 1.29 is 14.3 Å². The molecule has 0 aliphatic rings. The van der Waals surface area contributed by atoms with Gasteiger partial charge < -0.3 is 4.74 Å². The fourth-order valence-electron chi connectivity index (χ4n) is 1.56. The number of hydrogen-bond acceptors (Lipinski definition) is 3. The Bertz CT molecular complexity index is 224. The van der Waals surface area contributed by atoms with Crippen molar-refractivity contribution in [3.8, 4) is 0 Å². The molecule has 0 fully saturated rings. The lowest BCUT2D eigenvalue weighted by molar-refractivity contribution is -0.143. The molecule has 0 amide bonds. The van der Waals surface area contributed by atoms with Gasteiger partial charge in [0.25, 0.3) is 0 Å². The molecule has 20 heavy (non-hydrogen) atoms. The Morgan fingerprint density at radius 2 is 1.35 bits per heavy atom. The van der Waals surface area contributed by atoms with Gasteiger partial charge >= 0.3 is 5.97 Å². The van der Waals surface area contributed by atoms with E-state index in [0.29, 0.717) is 25.2 Å². The molecule has 120 valence electrons. The number of ketones is 1. The van der Waals surface area contributed by atoms with Crippen molar-refractivity contribution >= 4 is 11.8 Å². The molecule has 0 aromatic carbocycles. The van der Waals surface area contributed by atoms with E-state index >= 15 is 0 Å². The number of carbonyl (C=O) groups is 2. The van der Waals surface area contributed by atoms with Crippen LogP contribution in [0.3, 0.4) is 0 Å². The second-order valence-electron chi connectivity index (χ2n) is 5.03. The molecule has 3 heteroatoms. The lowest BCUT2D eigenvalue weighted by Crippen LogP contribution is -2.04. The molecule has 0 bridgehead atoms. The highest BCUT2D eigenvalue weighted by Crippen LogP contribution is 2.00. The molecule has 0 aromatic rings. The van der Waals surface area contributed by atoms with Crippen LogP contribution in [0, 0.1) is 0 Å². The molecule has 0 heterocycles. The summed E-state index contributed by atoms with van der Waals surface area (Å²) in [5.41, 5.74) is 0. The molecule has 0 atom stereocenters. The van der Waals surface area contributed by atoms with Crippen molar-refractivity contribution in [1.82, 2.24) is 0 Å². The average Bonchev–Trinajstić information content (AvgIpc) is 2.45. The molecule has 0 saturated carbocycles. The summed E-state index contributed by atoms with van der Waals surface area (Å²) >= 11 is 0. The predicted octanol–water partition coefficient (Wildman–Crippen LogP) is 5.07. The lowest BCUT2D eigenvalue weighted by atomic mass is 10.1. The van der Waals surface area contributed by atoms with Crippen LogP contribution in [0.15, 0.2) is 0 Å². The van der Waals surface area contributed by atoms with Crippen LogP contribution >= 0.6 is 0 Å². The fourth-order valence-corrected chi connectivity index (χ4v) is 1.56. The van der Waals surface area contributed by atoms with Gasteiger partial charge in [0.2, 0.25) is 0 Å². The predicted molar refractivity (Wildman–Crippen MR) is 84.8 cm³/mol. The second-order valence-corrected chi connectivity index (χ2v) is 5.03. The summed E-state index contributed by atoms with van der Waals surface area (Å²) in [7, 11) is 0. The van der Waals surface area contributed by atoms with Crippen LogP contribution in [0.1, 0.15) is 91.9 Å². The van der Waals surface area contributed by atoms with Crippen molar-refractivity contribution in [3.05, 3.63) is 0 Å². The summed E-state index contributed by atoms with van der Waals surface area (Å²) in [6, 6.07) is 0. The Hall–Kier alpha value is -0.860. The Morgan fingerprint density at radius 3 is 1.85 bits per heavy atom. The molecule has 0 rings (SSSR count). The molecule has 0 saturated heterocycles. The van der Waals surface area contributed by atoms with Gasteiger partial charge in [0.1, 0.15) is 5.78 Å². The van der Waals surface area contributed by atoms with Gasteiger partial charge in [-0.25, -0.2) is 0 Å². The van der Waals surface area contributed by atoms with E-state index in [0.717, 1.165) is 32.1 Å². The summed E-state index contributed by atoms with van der Waals surface area (Å²) in [5.74, 6) is 0.354. The smallest absolute Gasteiger partial charge is 0.305 e. The van der Waals surface area contributed by atoms with Crippen LogP contribution in [0.5, 0.6) is 0 Å². The van der Waals surface area contributed by atoms with Gasteiger partial charge in [-0.05, 0) is 19.3 Å². The quantitative estimate of drug-likeness (QED) is 0.393. The number of hydrogen-bond donors (Lipinski definition) is 0. The van der Waals surface area contributed by atoms with E-state index in [-0.39, 0.29) is 5.97 Å². The summed E-state index contributed by atoms with van der Waals surface area (Å²) in [6.07, 6.45) is 9.77. The first-order chi connectivity index (χ1) is 9.62. The highest BCUT2D eigenvalue weighted by molar-refractivity contribution is 5.77. The fraction of sp³-hybridized carbons (Fsp3) is 0.882. The van der Waals surface area contributed by atoms with E-state index in [4.69, 9.17) is 4.74 Å². The number of ether oxygens (including phenoxy) is 1. The third-order valence-corrected chi connectivity index (χ3v) is 2.92. The Kier molecular flexibility index (Phi) is 19.4. The van der Waals surface area contributed by atoms with E-state index < -0.39 is 0 Å². The molecule has 0 aliphatic carbocycles.